The van der Waals surface area contributed by atoms with Crippen molar-refractivity contribution in [2.75, 3.05) is 50.9 Å². The topological polar surface area (TPSA) is 89.9 Å². The number of aliphatic hydroxyl groups is 1. The molecule has 1 aromatic rings. The van der Waals surface area contributed by atoms with Crippen LogP contribution in [0.4, 0.5) is 5.82 Å². The van der Waals surface area contributed by atoms with E-state index in [1.807, 2.05) is 7.05 Å². The largest absolute Gasteiger partial charge is 0.387 e. The van der Waals surface area contributed by atoms with E-state index in [2.05, 4.69) is 26.1 Å². The van der Waals surface area contributed by atoms with E-state index in [4.69, 9.17) is 0 Å². The van der Waals surface area contributed by atoms with Crippen molar-refractivity contribution in [3.8, 4) is 0 Å². The molecule has 2 fully saturated rings. The second-order valence-corrected chi connectivity index (χ2v) is 10.4. The van der Waals surface area contributed by atoms with Gasteiger partial charge >= 0.3 is 0 Å². The third-order valence-electron chi connectivity index (χ3n) is 6.15. The summed E-state index contributed by atoms with van der Waals surface area (Å²) >= 11 is 0. The zero-order chi connectivity index (χ0) is 19.2. The summed E-state index contributed by atoms with van der Waals surface area (Å²) in [5, 5.41) is 19.7. The Morgan fingerprint density at radius 3 is 2.81 bits per heavy atom. The maximum atomic E-state index is 11.8. The van der Waals surface area contributed by atoms with Crippen molar-refractivity contribution in [2.45, 2.75) is 43.7 Å². The molecule has 3 aliphatic rings. The number of likely N-dealkylation sites (N-methyl/N-ethyl adjacent to an activating group) is 1. The van der Waals surface area contributed by atoms with Crippen molar-refractivity contribution in [1.82, 2.24) is 19.4 Å². The molecule has 1 aliphatic carbocycles. The minimum atomic E-state index is -3.26. The number of hydrogen-bond donors (Lipinski definition) is 1. The van der Waals surface area contributed by atoms with Crippen LogP contribution in [0.5, 0.6) is 0 Å². The molecule has 0 aromatic carbocycles. The highest BCUT2D eigenvalue weighted by atomic mass is 32.2. The van der Waals surface area contributed by atoms with E-state index >= 15 is 0 Å². The second-order valence-electron chi connectivity index (χ2n) is 8.43. The van der Waals surface area contributed by atoms with E-state index in [1.54, 1.807) is 0 Å². The summed E-state index contributed by atoms with van der Waals surface area (Å²) in [4.78, 5) is 4.38. The number of aromatic nitrogens is 2. The zero-order valence-corrected chi connectivity index (χ0v) is 17.0. The van der Waals surface area contributed by atoms with Gasteiger partial charge in [0.1, 0.15) is 0 Å². The van der Waals surface area contributed by atoms with E-state index < -0.39 is 15.6 Å². The molecule has 1 N–H and O–H groups in total. The molecule has 0 saturated carbocycles. The first kappa shape index (κ1) is 19.0. The lowest BCUT2D eigenvalue weighted by atomic mass is 9.92. The highest BCUT2D eigenvalue weighted by molar-refractivity contribution is 7.88. The Balaban J connectivity index is 1.33. The molecule has 1 aromatic heterocycles. The van der Waals surface area contributed by atoms with E-state index in [1.165, 1.54) is 22.5 Å². The van der Waals surface area contributed by atoms with Crippen LogP contribution in [-0.2, 0) is 22.9 Å². The Bertz CT molecular complexity index is 811. The molecule has 2 aliphatic heterocycles. The molecule has 1 unspecified atom stereocenters. The van der Waals surface area contributed by atoms with Crippen LogP contribution >= 0.6 is 0 Å². The Morgan fingerprint density at radius 1 is 1.30 bits per heavy atom. The first-order valence-corrected chi connectivity index (χ1v) is 11.6. The SMILES string of the molecule is CN(CC1(O)CCCN(S(C)(=O)=O)C1)C1CN(c2cc3c(nn2)CCC3)C1. The van der Waals surface area contributed by atoms with Gasteiger partial charge in [-0.15, -0.1) is 5.10 Å². The molecular weight excluding hydrogens is 366 g/mol. The summed E-state index contributed by atoms with van der Waals surface area (Å²) in [6.07, 6.45) is 5.84. The van der Waals surface area contributed by atoms with Crippen LogP contribution in [0.3, 0.4) is 0 Å². The van der Waals surface area contributed by atoms with E-state index in [0.29, 0.717) is 32.0 Å². The van der Waals surface area contributed by atoms with Crippen LogP contribution in [0.1, 0.15) is 30.5 Å². The van der Waals surface area contributed by atoms with Gasteiger partial charge in [0.15, 0.2) is 5.82 Å². The molecule has 9 heteroatoms. The number of fused-ring (bicyclic) bond motifs is 1. The summed E-state index contributed by atoms with van der Waals surface area (Å²) in [6.45, 7) is 2.88. The number of rotatable bonds is 5. The van der Waals surface area contributed by atoms with Crippen molar-refractivity contribution >= 4 is 15.8 Å². The van der Waals surface area contributed by atoms with Gasteiger partial charge in [-0.25, -0.2) is 8.42 Å². The first-order chi connectivity index (χ1) is 12.7. The van der Waals surface area contributed by atoms with E-state index in [-0.39, 0.29) is 6.54 Å². The van der Waals surface area contributed by atoms with Gasteiger partial charge in [0.25, 0.3) is 0 Å². The Labute approximate surface area is 161 Å². The Kier molecular flexibility index (Phi) is 4.90. The zero-order valence-electron chi connectivity index (χ0n) is 16.1. The third kappa shape index (κ3) is 3.96. The normalized spacial score (nSPS) is 27.0. The van der Waals surface area contributed by atoms with Crippen molar-refractivity contribution in [3.63, 3.8) is 0 Å². The average molecular weight is 396 g/mol. The van der Waals surface area contributed by atoms with Crippen LogP contribution < -0.4 is 4.90 Å². The van der Waals surface area contributed by atoms with Crippen LogP contribution in [0.25, 0.3) is 0 Å². The highest BCUT2D eigenvalue weighted by Crippen LogP contribution is 2.28. The van der Waals surface area contributed by atoms with Crippen LogP contribution in [0, 0.1) is 0 Å². The maximum absolute atomic E-state index is 11.8. The highest BCUT2D eigenvalue weighted by Gasteiger charge is 2.40. The van der Waals surface area contributed by atoms with Crippen LogP contribution in [0.2, 0.25) is 0 Å². The van der Waals surface area contributed by atoms with Gasteiger partial charge < -0.3 is 10.0 Å². The summed E-state index contributed by atoms with van der Waals surface area (Å²) in [5.74, 6) is 0.944. The molecule has 150 valence electrons. The summed E-state index contributed by atoms with van der Waals surface area (Å²) < 4.78 is 25.0. The minimum Gasteiger partial charge on any atom is -0.387 e. The second kappa shape index (κ2) is 6.95. The fourth-order valence-electron chi connectivity index (χ4n) is 4.47. The van der Waals surface area contributed by atoms with Gasteiger partial charge in [-0.3, -0.25) is 4.90 Å². The molecule has 0 bridgehead atoms. The fourth-order valence-corrected chi connectivity index (χ4v) is 5.40. The number of anilines is 1. The van der Waals surface area contributed by atoms with Gasteiger partial charge in [0.2, 0.25) is 10.0 Å². The maximum Gasteiger partial charge on any atom is 0.211 e. The van der Waals surface area contributed by atoms with Gasteiger partial charge in [0, 0.05) is 38.8 Å². The van der Waals surface area contributed by atoms with Crippen molar-refractivity contribution in [3.05, 3.63) is 17.3 Å². The smallest absolute Gasteiger partial charge is 0.211 e. The lowest BCUT2D eigenvalue weighted by molar-refractivity contribution is -0.0395. The quantitative estimate of drug-likeness (QED) is 0.743. The number of sulfonamides is 1. The summed E-state index contributed by atoms with van der Waals surface area (Å²) in [7, 11) is -1.26. The predicted octanol–water partition coefficient (Wildman–Crippen LogP) is -0.128. The summed E-state index contributed by atoms with van der Waals surface area (Å²) in [5.41, 5.74) is 1.49. The number of β-amino-alcohol motifs (C(OH)–C–C–N with tert-alkyl or cyclic N) is 1. The van der Waals surface area contributed by atoms with Gasteiger partial charge in [-0.05, 0) is 50.8 Å². The molecule has 8 nitrogen and oxygen atoms in total. The molecule has 27 heavy (non-hydrogen) atoms. The lowest BCUT2D eigenvalue weighted by Crippen LogP contribution is -2.63. The molecule has 4 rings (SSSR count). The van der Waals surface area contributed by atoms with Crippen molar-refractivity contribution in [2.24, 2.45) is 0 Å². The van der Waals surface area contributed by atoms with E-state index in [9.17, 15) is 13.5 Å². The predicted molar refractivity (Wildman–Crippen MR) is 103 cm³/mol. The van der Waals surface area contributed by atoms with Crippen LogP contribution in [0.15, 0.2) is 6.07 Å². The number of hydrogen-bond acceptors (Lipinski definition) is 7. The van der Waals surface area contributed by atoms with Gasteiger partial charge in [-0.1, -0.05) is 0 Å². The monoisotopic (exact) mass is 395 g/mol. The van der Waals surface area contributed by atoms with Crippen molar-refractivity contribution < 1.29 is 13.5 Å². The molecule has 0 spiro atoms. The van der Waals surface area contributed by atoms with E-state index in [0.717, 1.165) is 37.4 Å². The molecular formula is C18H29N5O3S. The molecule has 1 atom stereocenters. The van der Waals surface area contributed by atoms with Gasteiger partial charge in [0.05, 0.1) is 17.6 Å². The molecule has 0 radical (unpaired) electrons. The van der Waals surface area contributed by atoms with Gasteiger partial charge in [-0.2, -0.15) is 9.40 Å². The number of aryl methyl sites for hydroxylation is 2. The molecule has 2 saturated heterocycles. The fraction of sp³-hybridized carbons (Fsp3) is 0.778. The third-order valence-corrected chi connectivity index (χ3v) is 7.40. The first-order valence-electron chi connectivity index (χ1n) is 9.72. The van der Waals surface area contributed by atoms with Crippen molar-refractivity contribution in [1.29, 1.82) is 0 Å². The Morgan fingerprint density at radius 2 is 2.07 bits per heavy atom. The minimum absolute atomic E-state index is 0.183. The molecule has 3 heterocycles. The Hall–Kier alpha value is -1.29. The number of piperidine rings is 1. The summed E-state index contributed by atoms with van der Waals surface area (Å²) in [6, 6.07) is 2.50. The molecule has 0 amide bonds. The number of nitrogens with zero attached hydrogens (tertiary/aromatic N) is 5. The van der Waals surface area contributed by atoms with Crippen LogP contribution in [-0.4, -0.2) is 90.6 Å². The average Bonchev–Trinajstić information content (AvgIpc) is 3.00. The standard InChI is InChI=1S/C18H29N5O3S/c1-21(12-18(24)7-4-8-23(13-18)27(2,25)26)15-10-22(11-15)17-9-14-5-3-6-16(14)19-20-17/h9,15,24H,3-8,10-13H2,1-2H3. The lowest BCUT2D eigenvalue weighted by Gasteiger charge is -2.48.